The van der Waals surface area contributed by atoms with Gasteiger partial charge in [-0.15, -0.1) is 0 Å². The molecule has 0 spiro atoms. The van der Waals surface area contributed by atoms with E-state index < -0.39 is 5.69 Å². The van der Waals surface area contributed by atoms with Crippen LogP contribution in [-0.2, 0) is 13.6 Å². The van der Waals surface area contributed by atoms with Crippen LogP contribution in [0.2, 0.25) is 0 Å². The monoisotopic (exact) mass is 324 g/mol. The standard InChI is InChI=1S/C15H24N4O2S/c1-4-6-7-8-10-22-15-16-12-11(19(15)9-5-2)13(20)17-14(21)18(12)3/h4-10H2,1-3H3,(H,17,20,21). The van der Waals surface area contributed by atoms with Crippen LogP contribution in [0.5, 0.6) is 0 Å². The molecule has 22 heavy (non-hydrogen) atoms. The number of fused-ring (bicyclic) bond motifs is 1. The summed E-state index contributed by atoms with van der Waals surface area (Å²) in [5.41, 5.74) is 0.202. The minimum Gasteiger partial charge on any atom is -0.313 e. The fourth-order valence-corrected chi connectivity index (χ4v) is 3.47. The van der Waals surface area contributed by atoms with E-state index in [-0.39, 0.29) is 5.56 Å². The van der Waals surface area contributed by atoms with Gasteiger partial charge >= 0.3 is 5.69 Å². The van der Waals surface area contributed by atoms with E-state index in [2.05, 4.69) is 23.8 Å². The van der Waals surface area contributed by atoms with Gasteiger partial charge in [0.15, 0.2) is 16.3 Å². The molecule has 2 rings (SSSR count). The third kappa shape index (κ3) is 3.45. The summed E-state index contributed by atoms with van der Waals surface area (Å²) in [4.78, 5) is 30.8. The van der Waals surface area contributed by atoms with Crippen molar-refractivity contribution >= 4 is 22.9 Å². The number of aromatic amines is 1. The van der Waals surface area contributed by atoms with Crippen molar-refractivity contribution in [3.05, 3.63) is 20.8 Å². The molecule has 7 heteroatoms. The van der Waals surface area contributed by atoms with Crippen LogP contribution >= 0.6 is 11.8 Å². The van der Waals surface area contributed by atoms with Crippen LogP contribution < -0.4 is 11.2 Å². The van der Waals surface area contributed by atoms with Crippen LogP contribution in [0.15, 0.2) is 14.7 Å². The van der Waals surface area contributed by atoms with Crippen LogP contribution in [0.25, 0.3) is 11.2 Å². The molecule has 2 heterocycles. The Kier molecular flexibility index (Phi) is 5.88. The van der Waals surface area contributed by atoms with Crippen LogP contribution in [0.4, 0.5) is 0 Å². The quantitative estimate of drug-likeness (QED) is 0.598. The van der Waals surface area contributed by atoms with E-state index in [1.807, 2.05) is 4.57 Å². The lowest BCUT2D eigenvalue weighted by molar-refractivity contribution is 0.635. The number of nitrogens with zero attached hydrogens (tertiary/aromatic N) is 3. The number of H-pyrrole nitrogens is 1. The predicted octanol–water partition coefficient (Wildman–Crippen LogP) is 2.51. The third-order valence-corrected chi connectivity index (χ3v) is 4.71. The summed E-state index contributed by atoms with van der Waals surface area (Å²) in [5.74, 6) is 0.985. The molecule has 0 saturated carbocycles. The number of thioether (sulfide) groups is 1. The fraction of sp³-hybridized carbons (Fsp3) is 0.667. The molecule has 0 aliphatic rings. The van der Waals surface area contributed by atoms with Crippen molar-refractivity contribution in [3.63, 3.8) is 0 Å². The van der Waals surface area contributed by atoms with Crippen LogP contribution in [0, 0.1) is 0 Å². The van der Waals surface area contributed by atoms with Crippen molar-refractivity contribution in [3.8, 4) is 0 Å². The number of hydrogen-bond acceptors (Lipinski definition) is 4. The highest BCUT2D eigenvalue weighted by Gasteiger charge is 2.16. The Balaban J connectivity index is 2.35. The minimum absolute atomic E-state index is 0.350. The molecule has 0 amide bonds. The summed E-state index contributed by atoms with van der Waals surface area (Å²) < 4.78 is 3.35. The Morgan fingerprint density at radius 3 is 2.59 bits per heavy atom. The second kappa shape index (κ2) is 7.67. The number of aryl methyl sites for hydroxylation is 2. The van der Waals surface area contributed by atoms with Gasteiger partial charge in [0, 0.05) is 19.3 Å². The molecule has 0 unspecified atom stereocenters. The number of unbranched alkanes of at least 4 members (excludes halogenated alkanes) is 3. The maximum absolute atomic E-state index is 12.1. The maximum Gasteiger partial charge on any atom is 0.329 e. The molecular formula is C15H24N4O2S. The lowest BCUT2D eigenvalue weighted by atomic mass is 10.2. The van der Waals surface area contributed by atoms with Gasteiger partial charge in [-0.1, -0.05) is 44.9 Å². The molecule has 6 nitrogen and oxygen atoms in total. The van der Waals surface area contributed by atoms with Gasteiger partial charge in [0.25, 0.3) is 5.56 Å². The highest BCUT2D eigenvalue weighted by atomic mass is 32.2. The largest absolute Gasteiger partial charge is 0.329 e. The summed E-state index contributed by atoms with van der Waals surface area (Å²) in [6.07, 6.45) is 5.74. The fourth-order valence-electron chi connectivity index (χ4n) is 2.45. The smallest absolute Gasteiger partial charge is 0.313 e. The first-order chi connectivity index (χ1) is 10.6. The van der Waals surface area contributed by atoms with Gasteiger partial charge in [-0.05, 0) is 12.8 Å². The Morgan fingerprint density at radius 1 is 1.14 bits per heavy atom. The van der Waals surface area contributed by atoms with Crippen molar-refractivity contribution in [2.24, 2.45) is 7.05 Å². The Hall–Kier alpha value is -1.50. The molecule has 0 atom stereocenters. The molecular weight excluding hydrogens is 300 g/mol. The van der Waals surface area contributed by atoms with E-state index in [0.29, 0.717) is 11.2 Å². The van der Waals surface area contributed by atoms with Gasteiger partial charge in [0.1, 0.15) is 0 Å². The van der Waals surface area contributed by atoms with E-state index in [1.165, 1.54) is 23.8 Å². The molecule has 2 aromatic heterocycles. The third-order valence-electron chi connectivity index (χ3n) is 3.65. The average Bonchev–Trinajstić information content (AvgIpc) is 2.85. The van der Waals surface area contributed by atoms with Gasteiger partial charge in [-0.3, -0.25) is 14.3 Å². The Bertz CT molecular complexity index is 744. The van der Waals surface area contributed by atoms with Gasteiger partial charge in [0.2, 0.25) is 0 Å². The number of hydrogen-bond donors (Lipinski definition) is 1. The summed E-state index contributed by atoms with van der Waals surface area (Å²) in [6.45, 7) is 4.99. The lowest BCUT2D eigenvalue weighted by Crippen LogP contribution is -2.29. The normalized spacial score (nSPS) is 11.4. The van der Waals surface area contributed by atoms with Crippen LogP contribution in [-0.4, -0.2) is 24.9 Å². The molecule has 0 radical (unpaired) electrons. The molecule has 0 fully saturated rings. The summed E-state index contributed by atoms with van der Waals surface area (Å²) in [5, 5.41) is 0.833. The highest BCUT2D eigenvalue weighted by Crippen LogP contribution is 2.23. The zero-order valence-corrected chi connectivity index (χ0v) is 14.3. The lowest BCUT2D eigenvalue weighted by Gasteiger charge is -2.06. The van der Waals surface area contributed by atoms with Crippen LogP contribution in [0.1, 0.15) is 46.0 Å². The molecule has 122 valence electrons. The highest BCUT2D eigenvalue weighted by molar-refractivity contribution is 7.99. The molecule has 0 aromatic carbocycles. The van der Waals surface area contributed by atoms with Gasteiger partial charge in [-0.2, -0.15) is 0 Å². The van der Waals surface area contributed by atoms with Crippen molar-refractivity contribution in [1.29, 1.82) is 0 Å². The van der Waals surface area contributed by atoms with E-state index >= 15 is 0 Å². The summed E-state index contributed by atoms with van der Waals surface area (Å²) in [6, 6.07) is 0. The van der Waals surface area contributed by atoms with E-state index in [1.54, 1.807) is 18.8 Å². The van der Waals surface area contributed by atoms with Gasteiger partial charge in [-0.25, -0.2) is 9.78 Å². The zero-order valence-electron chi connectivity index (χ0n) is 13.5. The van der Waals surface area contributed by atoms with E-state index in [9.17, 15) is 9.59 Å². The first-order valence-electron chi connectivity index (χ1n) is 7.92. The van der Waals surface area contributed by atoms with E-state index in [0.717, 1.165) is 30.3 Å². The van der Waals surface area contributed by atoms with Crippen LogP contribution in [0.3, 0.4) is 0 Å². The summed E-state index contributed by atoms with van der Waals surface area (Å²) >= 11 is 1.67. The number of nitrogens with one attached hydrogen (secondary N) is 1. The second-order valence-corrected chi connectivity index (χ2v) is 6.51. The first-order valence-corrected chi connectivity index (χ1v) is 8.91. The van der Waals surface area contributed by atoms with Crippen molar-refractivity contribution in [1.82, 2.24) is 19.1 Å². The SMILES string of the molecule is CCCCCCSc1nc2c(c(=O)[nH]c(=O)n2C)n1CCC. The number of imidazole rings is 1. The summed E-state index contributed by atoms with van der Waals surface area (Å²) in [7, 11) is 1.64. The topological polar surface area (TPSA) is 72.7 Å². The molecule has 0 aliphatic carbocycles. The second-order valence-electron chi connectivity index (χ2n) is 5.45. The molecule has 2 aromatic rings. The van der Waals surface area contributed by atoms with Gasteiger partial charge in [0.05, 0.1) is 0 Å². The number of rotatable bonds is 8. The van der Waals surface area contributed by atoms with E-state index in [4.69, 9.17) is 0 Å². The minimum atomic E-state index is -0.418. The van der Waals surface area contributed by atoms with Crippen molar-refractivity contribution in [2.75, 3.05) is 5.75 Å². The molecule has 0 bridgehead atoms. The zero-order chi connectivity index (χ0) is 16.1. The Morgan fingerprint density at radius 2 is 1.91 bits per heavy atom. The van der Waals surface area contributed by atoms with Crippen molar-refractivity contribution < 1.29 is 0 Å². The molecule has 0 saturated heterocycles. The first kappa shape index (κ1) is 16.9. The average molecular weight is 324 g/mol. The van der Waals surface area contributed by atoms with Gasteiger partial charge < -0.3 is 4.57 Å². The maximum atomic E-state index is 12.1. The predicted molar refractivity (Wildman–Crippen MR) is 90.8 cm³/mol. The number of aromatic nitrogens is 4. The molecule has 1 N–H and O–H groups in total. The Labute approximate surface area is 133 Å². The van der Waals surface area contributed by atoms with Crippen molar-refractivity contribution in [2.45, 2.75) is 57.7 Å². The molecule has 0 aliphatic heterocycles.